The number of hydrogen-bond donors (Lipinski definition) is 1. The van der Waals surface area contributed by atoms with Crippen LogP contribution in [0.1, 0.15) is 32.3 Å². The van der Waals surface area contributed by atoms with E-state index in [0.717, 1.165) is 69.5 Å². The molecule has 2 aliphatic rings. The summed E-state index contributed by atoms with van der Waals surface area (Å²) < 4.78 is 5.20. The van der Waals surface area contributed by atoms with Gasteiger partial charge in [-0.05, 0) is 37.9 Å². The monoisotopic (exact) mass is 416 g/mol. The highest BCUT2D eigenvalue weighted by molar-refractivity contribution is 5.81. The predicted octanol–water partition coefficient (Wildman–Crippen LogP) is 1.57. The van der Waals surface area contributed by atoms with E-state index >= 15 is 0 Å². The van der Waals surface area contributed by atoms with Gasteiger partial charge in [-0.2, -0.15) is 0 Å². The van der Waals surface area contributed by atoms with Crippen LogP contribution in [0.4, 0.5) is 5.82 Å². The summed E-state index contributed by atoms with van der Waals surface area (Å²) in [6, 6.07) is 4.24. The highest BCUT2D eigenvalue weighted by Crippen LogP contribution is 2.18. The Morgan fingerprint density at radius 2 is 2.03 bits per heavy atom. The van der Waals surface area contributed by atoms with E-state index in [2.05, 4.69) is 49.0 Å². The highest BCUT2D eigenvalue weighted by Gasteiger charge is 2.28. The molecule has 30 heavy (non-hydrogen) atoms. The molecule has 8 nitrogen and oxygen atoms in total. The molecule has 2 fully saturated rings. The first-order valence-electron chi connectivity index (χ1n) is 11.2. The van der Waals surface area contributed by atoms with Crippen molar-refractivity contribution >= 4 is 17.7 Å². The number of carbonyl (C=O) groups is 1. The van der Waals surface area contributed by atoms with E-state index in [9.17, 15) is 4.79 Å². The summed E-state index contributed by atoms with van der Waals surface area (Å²) in [4.78, 5) is 28.2. The SMILES string of the molecule is CCOC(=O)C1CCCN(C(=NC)NCc2ccc(N3CCN(CC)CC3)nc2)C1. The second-order valence-electron chi connectivity index (χ2n) is 7.88. The summed E-state index contributed by atoms with van der Waals surface area (Å²) in [6.07, 6.45) is 3.79. The molecular weight excluding hydrogens is 380 g/mol. The number of carbonyl (C=O) groups excluding carboxylic acids is 1. The van der Waals surface area contributed by atoms with E-state index < -0.39 is 0 Å². The normalized spacial score (nSPS) is 20.9. The highest BCUT2D eigenvalue weighted by atomic mass is 16.5. The predicted molar refractivity (Wildman–Crippen MR) is 120 cm³/mol. The Kier molecular flexibility index (Phi) is 8.30. The van der Waals surface area contributed by atoms with Crippen LogP contribution in [0, 0.1) is 5.92 Å². The Morgan fingerprint density at radius 1 is 1.23 bits per heavy atom. The fourth-order valence-electron chi connectivity index (χ4n) is 4.14. The third-order valence-electron chi connectivity index (χ3n) is 5.96. The van der Waals surface area contributed by atoms with Gasteiger partial charge in [-0.15, -0.1) is 0 Å². The smallest absolute Gasteiger partial charge is 0.310 e. The lowest BCUT2D eigenvalue weighted by Gasteiger charge is -2.35. The number of pyridine rings is 1. The summed E-state index contributed by atoms with van der Waals surface area (Å²) in [5, 5.41) is 3.42. The molecule has 0 aromatic carbocycles. The van der Waals surface area contributed by atoms with Crippen LogP contribution in [0.3, 0.4) is 0 Å². The molecule has 0 bridgehead atoms. The molecule has 3 heterocycles. The minimum Gasteiger partial charge on any atom is -0.466 e. The van der Waals surface area contributed by atoms with Crippen molar-refractivity contribution in [3.63, 3.8) is 0 Å². The maximum atomic E-state index is 12.1. The number of nitrogens with one attached hydrogen (secondary N) is 1. The topological polar surface area (TPSA) is 73.3 Å². The molecule has 2 saturated heterocycles. The van der Waals surface area contributed by atoms with Gasteiger partial charge in [0.25, 0.3) is 0 Å². The summed E-state index contributed by atoms with van der Waals surface area (Å²) in [5.74, 6) is 1.69. The molecule has 0 amide bonds. The standard InChI is InChI=1S/C22H36N6O2/c1-4-26-11-13-27(14-12-26)20-9-8-18(15-24-20)16-25-22(23-3)28-10-6-7-19(17-28)21(29)30-5-2/h8-9,15,19H,4-7,10-14,16-17H2,1-3H3,(H,23,25). The molecule has 1 aromatic rings. The molecule has 1 atom stereocenters. The van der Waals surface area contributed by atoms with Gasteiger partial charge in [-0.3, -0.25) is 9.79 Å². The maximum absolute atomic E-state index is 12.1. The van der Waals surface area contributed by atoms with Crippen molar-refractivity contribution in [3.05, 3.63) is 23.9 Å². The quantitative estimate of drug-likeness (QED) is 0.429. The molecular formula is C22H36N6O2. The van der Waals surface area contributed by atoms with E-state index in [-0.39, 0.29) is 11.9 Å². The van der Waals surface area contributed by atoms with Crippen molar-refractivity contribution in [3.8, 4) is 0 Å². The number of piperidine rings is 1. The minimum absolute atomic E-state index is 0.0774. The number of hydrogen-bond acceptors (Lipinski definition) is 6. The Labute approximate surface area is 180 Å². The zero-order valence-corrected chi connectivity index (χ0v) is 18.6. The van der Waals surface area contributed by atoms with Crippen LogP contribution in [0.5, 0.6) is 0 Å². The summed E-state index contributed by atoms with van der Waals surface area (Å²) in [6.45, 7) is 12.1. The molecule has 1 N–H and O–H groups in total. The third kappa shape index (κ3) is 5.84. The number of guanidine groups is 1. The Hall–Kier alpha value is -2.35. The van der Waals surface area contributed by atoms with E-state index in [1.165, 1.54) is 0 Å². The fraction of sp³-hybridized carbons (Fsp3) is 0.682. The van der Waals surface area contributed by atoms with Gasteiger partial charge in [0.2, 0.25) is 0 Å². The molecule has 0 radical (unpaired) electrons. The van der Waals surface area contributed by atoms with Crippen LogP contribution in [-0.4, -0.2) is 86.2 Å². The number of nitrogens with zero attached hydrogens (tertiary/aromatic N) is 5. The fourth-order valence-corrected chi connectivity index (χ4v) is 4.14. The van der Waals surface area contributed by atoms with Crippen molar-refractivity contribution in [1.82, 2.24) is 20.1 Å². The first-order valence-corrected chi connectivity index (χ1v) is 11.2. The molecule has 3 rings (SSSR count). The third-order valence-corrected chi connectivity index (χ3v) is 5.96. The van der Waals surface area contributed by atoms with E-state index in [1.54, 1.807) is 7.05 Å². The van der Waals surface area contributed by atoms with Crippen molar-refractivity contribution < 1.29 is 9.53 Å². The van der Waals surface area contributed by atoms with E-state index in [1.807, 2.05) is 13.1 Å². The number of ether oxygens (including phenoxy) is 1. The van der Waals surface area contributed by atoms with Gasteiger partial charge in [0.15, 0.2) is 5.96 Å². The molecule has 1 aromatic heterocycles. The van der Waals surface area contributed by atoms with Gasteiger partial charge in [0.1, 0.15) is 5.82 Å². The number of rotatable bonds is 6. The molecule has 8 heteroatoms. The largest absolute Gasteiger partial charge is 0.466 e. The van der Waals surface area contributed by atoms with Crippen molar-refractivity contribution in [2.45, 2.75) is 33.2 Å². The minimum atomic E-state index is -0.0998. The van der Waals surface area contributed by atoms with Gasteiger partial charge in [0, 0.05) is 59.1 Å². The van der Waals surface area contributed by atoms with Crippen LogP contribution in [0.25, 0.3) is 0 Å². The summed E-state index contributed by atoms with van der Waals surface area (Å²) in [5.41, 5.74) is 1.12. The number of aromatic nitrogens is 1. The second-order valence-corrected chi connectivity index (χ2v) is 7.88. The Bertz CT molecular complexity index is 700. The van der Waals surface area contributed by atoms with Crippen LogP contribution in [-0.2, 0) is 16.1 Å². The Morgan fingerprint density at radius 3 is 2.67 bits per heavy atom. The number of anilines is 1. The van der Waals surface area contributed by atoms with Crippen LogP contribution >= 0.6 is 0 Å². The molecule has 0 spiro atoms. The average molecular weight is 417 g/mol. The van der Waals surface area contributed by atoms with Crippen molar-refractivity contribution in [2.75, 3.05) is 64.4 Å². The molecule has 1 unspecified atom stereocenters. The number of likely N-dealkylation sites (tertiary alicyclic amines) is 1. The van der Waals surface area contributed by atoms with Crippen molar-refractivity contribution in [1.29, 1.82) is 0 Å². The molecule has 0 saturated carbocycles. The number of esters is 1. The molecule has 0 aliphatic carbocycles. The first kappa shape index (κ1) is 22.3. The van der Waals surface area contributed by atoms with Crippen molar-refractivity contribution in [2.24, 2.45) is 10.9 Å². The van der Waals surface area contributed by atoms with Gasteiger partial charge < -0.3 is 24.8 Å². The first-order chi connectivity index (χ1) is 14.6. The zero-order chi connectivity index (χ0) is 21.3. The van der Waals surface area contributed by atoms with E-state index in [0.29, 0.717) is 19.7 Å². The van der Waals surface area contributed by atoms with Crippen LogP contribution < -0.4 is 10.2 Å². The lowest BCUT2D eigenvalue weighted by molar-refractivity contribution is -0.149. The lowest BCUT2D eigenvalue weighted by atomic mass is 9.98. The van der Waals surface area contributed by atoms with E-state index in [4.69, 9.17) is 4.74 Å². The average Bonchev–Trinajstić information content (AvgIpc) is 2.80. The molecule has 2 aliphatic heterocycles. The van der Waals surface area contributed by atoms with Gasteiger partial charge >= 0.3 is 5.97 Å². The zero-order valence-electron chi connectivity index (χ0n) is 18.6. The summed E-state index contributed by atoms with van der Waals surface area (Å²) >= 11 is 0. The van der Waals surface area contributed by atoms with Crippen LogP contribution in [0.2, 0.25) is 0 Å². The van der Waals surface area contributed by atoms with Gasteiger partial charge in [0.05, 0.1) is 12.5 Å². The second kappa shape index (κ2) is 11.2. The number of piperazine rings is 1. The lowest BCUT2D eigenvalue weighted by Crippen LogP contribution is -2.48. The Balaban J connectivity index is 1.51. The van der Waals surface area contributed by atoms with Crippen LogP contribution in [0.15, 0.2) is 23.3 Å². The summed E-state index contributed by atoms with van der Waals surface area (Å²) in [7, 11) is 1.79. The number of likely N-dealkylation sites (N-methyl/N-ethyl adjacent to an activating group) is 1. The van der Waals surface area contributed by atoms with Gasteiger partial charge in [-0.25, -0.2) is 4.98 Å². The maximum Gasteiger partial charge on any atom is 0.310 e. The number of aliphatic imine (C=N–C) groups is 1. The molecule has 166 valence electrons. The van der Waals surface area contributed by atoms with Gasteiger partial charge in [-0.1, -0.05) is 13.0 Å².